The van der Waals surface area contributed by atoms with E-state index in [-0.39, 0.29) is 60.1 Å². The lowest BCUT2D eigenvalue weighted by atomic mass is 9.87. The molecule has 0 unspecified atom stereocenters. The summed E-state index contributed by atoms with van der Waals surface area (Å²) in [5.41, 5.74) is 1.09. The van der Waals surface area contributed by atoms with Crippen LogP contribution >= 0.6 is 0 Å². The third-order valence-electron chi connectivity index (χ3n) is 5.01. The van der Waals surface area contributed by atoms with E-state index < -0.39 is 9.85 Å². The quantitative estimate of drug-likeness (QED) is 0.258. The van der Waals surface area contributed by atoms with Crippen molar-refractivity contribution >= 4 is 11.4 Å². The first-order valence-electron chi connectivity index (χ1n) is 10.7. The summed E-state index contributed by atoms with van der Waals surface area (Å²) in [4.78, 5) is 21.9. The lowest BCUT2D eigenvalue weighted by Gasteiger charge is -2.19. The molecule has 9 heteroatoms. The zero-order valence-corrected chi connectivity index (χ0v) is 20.0. The predicted octanol–water partition coefficient (Wildman–Crippen LogP) is 5.57. The lowest BCUT2D eigenvalue weighted by molar-refractivity contribution is -0.386. The molecule has 0 aliphatic heterocycles. The first kappa shape index (κ1) is 26.1. The second-order valence-corrected chi connectivity index (χ2v) is 9.69. The monoisotopic (exact) mass is 460 g/mol. The Bertz CT molecular complexity index is 912. The van der Waals surface area contributed by atoms with Gasteiger partial charge in [0.05, 0.1) is 23.1 Å². The Kier molecular flexibility index (Phi) is 8.38. The lowest BCUT2D eigenvalue weighted by Crippen LogP contribution is -2.14. The summed E-state index contributed by atoms with van der Waals surface area (Å²) < 4.78 is 16.5. The fraction of sp³-hybridized carbons (Fsp3) is 0.500. The van der Waals surface area contributed by atoms with Gasteiger partial charge in [0.2, 0.25) is 0 Å². The van der Waals surface area contributed by atoms with Crippen molar-refractivity contribution in [3.05, 3.63) is 67.8 Å². The molecular formula is C24H32N2O7. The molecule has 0 aliphatic rings. The highest BCUT2D eigenvalue weighted by Crippen LogP contribution is 2.34. The molecular weight excluding hydrogens is 428 g/mol. The molecule has 0 amide bonds. The minimum atomic E-state index is -0.461. The smallest absolute Gasteiger partial charge is 0.311 e. The molecule has 0 saturated carbocycles. The molecule has 0 aliphatic carbocycles. The van der Waals surface area contributed by atoms with Crippen LogP contribution in [0.15, 0.2) is 36.4 Å². The van der Waals surface area contributed by atoms with E-state index in [1.165, 1.54) is 12.1 Å². The van der Waals surface area contributed by atoms with E-state index in [1.807, 2.05) is 53.7 Å². The van der Waals surface area contributed by atoms with Crippen molar-refractivity contribution in [2.45, 2.75) is 52.4 Å². The topological polar surface area (TPSA) is 114 Å². The molecule has 180 valence electrons. The molecule has 0 spiro atoms. The van der Waals surface area contributed by atoms with Gasteiger partial charge >= 0.3 is 11.4 Å². The van der Waals surface area contributed by atoms with Crippen molar-refractivity contribution in [1.82, 2.24) is 0 Å². The molecule has 0 fully saturated rings. The van der Waals surface area contributed by atoms with Crippen LogP contribution in [0.5, 0.6) is 11.5 Å². The van der Waals surface area contributed by atoms with Gasteiger partial charge in [-0.15, -0.1) is 0 Å². The molecule has 0 saturated heterocycles. The summed E-state index contributed by atoms with van der Waals surface area (Å²) in [5.74, 6) is 0.366. The first-order valence-corrected chi connectivity index (χ1v) is 10.7. The van der Waals surface area contributed by atoms with E-state index in [9.17, 15) is 20.2 Å². The van der Waals surface area contributed by atoms with E-state index in [1.54, 1.807) is 12.1 Å². The fourth-order valence-corrected chi connectivity index (χ4v) is 3.02. The van der Waals surface area contributed by atoms with Crippen LogP contribution in [-0.4, -0.2) is 36.3 Å². The molecule has 0 bridgehead atoms. The molecule has 0 aromatic heterocycles. The van der Waals surface area contributed by atoms with Gasteiger partial charge in [0.15, 0.2) is 11.5 Å². The van der Waals surface area contributed by atoms with Crippen LogP contribution in [-0.2, 0) is 15.6 Å². The van der Waals surface area contributed by atoms with Gasteiger partial charge in [-0.1, -0.05) is 53.7 Å². The summed E-state index contributed by atoms with van der Waals surface area (Å²) in [7, 11) is 0. The molecule has 0 atom stereocenters. The largest absolute Gasteiger partial charge is 0.484 e. The van der Waals surface area contributed by atoms with Crippen molar-refractivity contribution in [3.8, 4) is 11.5 Å². The van der Waals surface area contributed by atoms with Crippen molar-refractivity contribution in [3.63, 3.8) is 0 Å². The van der Waals surface area contributed by atoms with E-state index in [4.69, 9.17) is 14.2 Å². The standard InChI is InChI=1S/C24H32N2O7/c1-23(2,3)17-7-9-21(19(15-17)25(27)28)32-13-11-31-12-14-33-22-10-8-18(24(4,5)6)16-20(22)26(29)30/h7-10,15-16H,11-14H2,1-6H3. The number of nitro benzene ring substituents is 2. The van der Waals surface area contributed by atoms with Crippen LogP contribution in [0.1, 0.15) is 52.7 Å². The Morgan fingerprint density at radius 3 is 1.33 bits per heavy atom. The second kappa shape index (κ2) is 10.6. The zero-order valence-electron chi connectivity index (χ0n) is 20.0. The van der Waals surface area contributed by atoms with E-state index in [2.05, 4.69) is 0 Å². The number of nitrogens with zero attached hydrogens (tertiary/aromatic N) is 2. The molecule has 9 nitrogen and oxygen atoms in total. The summed E-state index contributed by atoms with van der Waals surface area (Å²) in [6.07, 6.45) is 0. The van der Waals surface area contributed by atoms with Crippen molar-refractivity contribution in [1.29, 1.82) is 0 Å². The van der Waals surface area contributed by atoms with Crippen LogP contribution in [0.25, 0.3) is 0 Å². The van der Waals surface area contributed by atoms with Crippen LogP contribution in [0, 0.1) is 20.2 Å². The molecule has 0 heterocycles. The fourth-order valence-electron chi connectivity index (χ4n) is 3.02. The number of rotatable bonds is 10. The average Bonchev–Trinajstić information content (AvgIpc) is 2.71. The predicted molar refractivity (Wildman–Crippen MR) is 125 cm³/mol. The minimum absolute atomic E-state index is 0.0863. The van der Waals surface area contributed by atoms with Gasteiger partial charge in [-0.25, -0.2) is 0 Å². The Hall–Kier alpha value is -3.20. The Morgan fingerprint density at radius 1 is 0.667 bits per heavy atom. The van der Waals surface area contributed by atoms with E-state index in [0.29, 0.717) is 0 Å². The van der Waals surface area contributed by atoms with Crippen LogP contribution in [0.3, 0.4) is 0 Å². The van der Waals surface area contributed by atoms with Crippen LogP contribution in [0.4, 0.5) is 11.4 Å². The van der Waals surface area contributed by atoms with Crippen LogP contribution < -0.4 is 9.47 Å². The number of nitro groups is 2. The number of hydrogen-bond acceptors (Lipinski definition) is 7. The highest BCUT2D eigenvalue weighted by atomic mass is 16.6. The maximum absolute atomic E-state index is 11.4. The van der Waals surface area contributed by atoms with Gasteiger partial charge in [-0.05, 0) is 34.1 Å². The normalized spacial score (nSPS) is 11.8. The van der Waals surface area contributed by atoms with Crippen molar-refractivity contribution < 1.29 is 24.1 Å². The highest BCUT2D eigenvalue weighted by molar-refractivity contribution is 5.51. The maximum Gasteiger partial charge on any atom is 0.311 e. The minimum Gasteiger partial charge on any atom is -0.484 e. The summed E-state index contributed by atoms with van der Waals surface area (Å²) in [6, 6.07) is 9.89. The average molecular weight is 461 g/mol. The molecule has 2 rings (SSSR count). The Morgan fingerprint density at radius 2 is 1.03 bits per heavy atom. The highest BCUT2D eigenvalue weighted by Gasteiger charge is 2.23. The zero-order chi connectivity index (χ0) is 24.8. The van der Waals surface area contributed by atoms with Crippen molar-refractivity contribution in [2.24, 2.45) is 0 Å². The second-order valence-electron chi connectivity index (χ2n) is 9.69. The molecule has 0 radical (unpaired) electrons. The van der Waals surface area contributed by atoms with Gasteiger partial charge in [0, 0.05) is 12.1 Å². The number of hydrogen-bond donors (Lipinski definition) is 0. The van der Waals surface area contributed by atoms with E-state index >= 15 is 0 Å². The first-order chi connectivity index (χ1) is 15.3. The summed E-state index contributed by atoms with van der Waals surface area (Å²) in [6.45, 7) is 12.5. The van der Waals surface area contributed by atoms with Crippen LogP contribution in [0.2, 0.25) is 0 Å². The maximum atomic E-state index is 11.4. The van der Waals surface area contributed by atoms with Gasteiger partial charge in [-0.3, -0.25) is 20.2 Å². The van der Waals surface area contributed by atoms with Gasteiger partial charge < -0.3 is 14.2 Å². The van der Waals surface area contributed by atoms with Gasteiger partial charge in [0.1, 0.15) is 13.2 Å². The van der Waals surface area contributed by atoms with Crippen molar-refractivity contribution in [2.75, 3.05) is 26.4 Å². The van der Waals surface area contributed by atoms with Gasteiger partial charge in [-0.2, -0.15) is 0 Å². The summed E-state index contributed by atoms with van der Waals surface area (Å²) in [5, 5.41) is 22.8. The molecule has 0 N–H and O–H groups in total. The SMILES string of the molecule is CC(C)(C)c1ccc(OCCOCCOc2ccc(C(C)(C)C)cc2[N+](=O)[O-])c([N+](=O)[O-])c1. The van der Waals surface area contributed by atoms with Gasteiger partial charge in [0.25, 0.3) is 0 Å². The molecule has 2 aromatic rings. The third-order valence-corrected chi connectivity index (χ3v) is 5.01. The number of ether oxygens (including phenoxy) is 3. The third kappa shape index (κ3) is 7.42. The Labute approximate surface area is 194 Å². The van der Waals surface area contributed by atoms with E-state index in [0.717, 1.165) is 11.1 Å². The Balaban J connectivity index is 1.84. The molecule has 33 heavy (non-hydrogen) atoms. The molecule has 2 aromatic carbocycles. The summed E-state index contributed by atoms with van der Waals surface area (Å²) >= 11 is 0. The number of benzene rings is 2.